The Morgan fingerprint density at radius 1 is 1.00 bits per heavy atom. The first kappa shape index (κ1) is 22.0. The quantitative estimate of drug-likeness (QED) is 0.461. The number of hydrogen-bond donors (Lipinski definition) is 1. The van der Waals surface area contributed by atoms with Crippen LogP contribution in [0.15, 0.2) is 55.0 Å². The van der Waals surface area contributed by atoms with Crippen LogP contribution in [0.25, 0.3) is 22.2 Å². The molecule has 2 aromatic heterocycles. The van der Waals surface area contributed by atoms with Gasteiger partial charge in [-0.1, -0.05) is 0 Å². The van der Waals surface area contributed by atoms with E-state index in [1.165, 1.54) is 12.1 Å². The first-order chi connectivity index (χ1) is 16.6. The molecule has 1 N–H and O–H groups in total. The fourth-order valence-corrected chi connectivity index (χ4v) is 4.07. The molecule has 8 nitrogen and oxygen atoms in total. The van der Waals surface area contributed by atoms with E-state index < -0.39 is 0 Å². The Bertz CT molecular complexity index is 1310. The first-order valence-corrected chi connectivity index (χ1v) is 11.3. The van der Waals surface area contributed by atoms with Gasteiger partial charge in [0.25, 0.3) is 0 Å². The van der Waals surface area contributed by atoms with Crippen LogP contribution in [0.5, 0.6) is 5.75 Å². The number of fused-ring (bicyclic) bond motifs is 1. The van der Waals surface area contributed by atoms with Crippen LogP contribution in [0.2, 0.25) is 0 Å². The van der Waals surface area contributed by atoms with Gasteiger partial charge in [-0.2, -0.15) is 0 Å². The van der Waals surface area contributed by atoms with Crippen molar-refractivity contribution in [1.82, 2.24) is 24.8 Å². The highest BCUT2D eigenvalue weighted by atomic mass is 19.1. The Morgan fingerprint density at radius 2 is 1.85 bits per heavy atom. The molecular formula is C25H26FN7O. The summed E-state index contributed by atoms with van der Waals surface area (Å²) in [5, 5.41) is 4.27. The molecule has 1 fully saturated rings. The van der Waals surface area contributed by atoms with Gasteiger partial charge in [0.2, 0.25) is 5.95 Å². The molecule has 1 aliphatic heterocycles. The lowest BCUT2D eigenvalue weighted by Crippen LogP contribution is -2.44. The van der Waals surface area contributed by atoms with E-state index >= 15 is 0 Å². The minimum Gasteiger partial charge on any atom is -0.493 e. The molecule has 2 aromatic carbocycles. The maximum atomic E-state index is 13.7. The average Bonchev–Trinajstić information content (AvgIpc) is 2.85. The number of hydrogen-bond acceptors (Lipinski definition) is 8. The summed E-state index contributed by atoms with van der Waals surface area (Å²) in [6.07, 6.45) is 3.28. The fraction of sp³-hybridized carbons (Fsp3) is 0.280. The van der Waals surface area contributed by atoms with E-state index in [0.717, 1.165) is 48.6 Å². The number of anilines is 3. The molecule has 174 valence electrons. The molecule has 5 rings (SSSR count). The molecule has 0 aliphatic carbocycles. The number of nitrogens with one attached hydrogen (secondary N) is 1. The number of halogens is 1. The lowest BCUT2D eigenvalue weighted by Gasteiger charge is -2.33. The van der Waals surface area contributed by atoms with Gasteiger partial charge >= 0.3 is 0 Å². The van der Waals surface area contributed by atoms with Crippen molar-refractivity contribution in [3.05, 3.63) is 60.8 Å². The summed E-state index contributed by atoms with van der Waals surface area (Å²) in [7, 11) is 2.14. The molecule has 0 saturated carbocycles. The fourth-order valence-electron chi connectivity index (χ4n) is 4.07. The Morgan fingerprint density at radius 3 is 2.68 bits per heavy atom. The molecule has 0 spiro atoms. The van der Waals surface area contributed by atoms with E-state index in [0.29, 0.717) is 29.6 Å². The topological polar surface area (TPSA) is 79.3 Å². The molecule has 34 heavy (non-hydrogen) atoms. The van der Waals surface area contributed by atoms with Gasteiger partial charge < -0.3 is 19.9 Å². The van der Waals surface area contributed by atoms with Crippen molar-refractivity contribution in [3.8, 4) is 17.0 Å². The Labute approximate surface area is 197 Å². The predicted molar refractivity (Wildman–Crippen MR) is 131 cm³/mol. The molecule has 9 heteroatoms. The molecule has 0 amide bonds. The van der Waals surface area contributed by atoms with Crippen molar-refractivity contribution in [2.45, 2.75) is 6.92 Å². The second-order valence-corrected chi connectivity index (χ2v) is 8.18. The van der Waals surface area contributed by atoms with Crippen LogP contribution in [-0.2, 0) is 0 Å². The van der Waals surface area contributed by atoms with Gasteiger partial charge in [0, 0.05) is 55.1 Å². The van der Waals surface area contributed by atoms with Crippen molar-refractivity contribution < 1.29 is 9.13 Å². The largest absolute Gasteiger partial charge is 0.493 e. The molecule has 0 radical (unpaired) electrons. The summed E-state index contributed by atoms with van der Waals surface area (Å²) in [5.74, 6) is 1.49. The molecule has 1 aliphatic rings. The van der Waals surface area contributed by atoms with E-state index in [1.807, 2.05) is 25.1 Å². The van der Waals surface area contributed by atoms with E-state index in [1.54, 1.807) is 24.7 Å². The third-order valence-corrected chi connectivity index (χ3v) is 5.85. The van der Waals surface area contributed by atoms with Crippen LogP contribution in [0.4, 0.5) is 21.8 Å². The molecule has 0 atom stereocenters. The molecule has 1 saturated heterocycles. The summed E-state index contributed by atoms with van der Waals surface area (Å²) < 4.78 is 19.3. The van der Waals surface area contributed by atoms with Crippen LogP contribution in [0, 0.1) is 5.82 Å². The van der Waals surface area contributed by atoms with Gasteiger partial charge in [-0.25, -0.2) is 24.3 Å². The number of aromatic nitrogens is 4. The molecule has 0 unspecified atom stereocenters. The van der Waals surface area contributed by atoms with Gasteiger partial charge in [0.05, 0.1) is 17.8 Å². The molecule has 4 aromatic rings. The van der Waals surface area contributed by atoms with Crippen LogP contribution in [-0.4, -0.2) is 64.7 Å². The summed E-state index contributed by atoms with van der Waals surface area (Å²) in [4.78, 5) is 22.6. The van der Waals surface area contributed by atoms with E-state index in [-0.39, 0.29) is 5.82 Å². The van der Waals surface area contributed by atoms with Crippen LogP contribution in [0.1, 0.15) is 6.92 Å². The Balaban J connectivity index is 1.41. The highest BCUT2D eigenvalue weighted by molar-refractivity contribution is 5.91. The van der Waals surface area contributed by atoms with Crippen molar-refractivity contribution >= 4 is 28.4 Å². The normalized spacial score (nSPS) is 14.4. The molecular weight excluding hydrogens is 433 g/mol. The van der Waals surface area contributed by atoms with Crippen molar-refractivity contribution in [2.24, 2.45) is 0 Å². The minimum atomic E-state index is -0.353. The highest BCUT2D eigenvalue weighted by Gasteiger charge is 2.18. The number of likely N-dealkylation sites (N-methyl/N-ethyl adjacent to an activating group) is 1. The van der Waals surface area contributed by atoms with Gasteiger partial charge in [-0.15, -0.1) is 0 Å². The average molecular weight is 460 g/mol. The standard InChI is InChI=1S/C25H26FN7O/c1-3-34-23-14-17(26)4-6-19(23)21-8-9-27-25(31-21)30-18-5-7-20-22(15-18)28-16-29-24(20)33-12-10-32(2)11-13-33/h4-9,14-16H,3,10-13H2,1-2H3,(H,27,30,31). The highest BCUT2D eigenvalue weighted by Crippen LogP contribution is 2.31. The van der Waals surface area contributed by atoms with Crippen LogP contribution in [0.3, 0.4) is 0 Å². The monoisotopic (exact) mass is 459 g/mol. The van der Waals surface area contributed by atoms with Crippen molar-refractivity contribution in [3.63, 3.8) is 0 Å². The minimum absolute atomic E-state index is 0.353. The second kappa shape index (κ2) is 9.56. The number of benzene rings is 2. The Hall–Kier alpha value is -3.85. The predicted octanol–water partition coefficient (Wildman–Crippen LogP) is 4.12. The lowest BCUT2D eigenvalue weighted by atomic mass is 10.1. The third kappa shape index (κ3) is 4.60. The number of nitrogens with zero attached hydrogens (tertiary/aromatic N) is 6. The summed E-state index contributed by atoms with van der Waals surface area (Å²) in [5.41, 5.74) is 3.01. The third-order valence-electron chi connectivity index (χ3n) is 5.85. The van der Waals surface area contributed by atoms with E-state index in [4.69, 9.17) is 4.74 Å². The zero-order valence-corrected chi connectivity index (χ0v) is 19.2. The van der Waals surface area contributed by atoms with Gasteiger partial charge in [0.1, 0.15) is 23.7 Å². The smallest absolute Gasteiger partial charge is 0.227 e. The van der Waals surface area contributed by atoms with Gasteiger partial charge in [0.15, 0.2) is 0 Å². The number of piperazine rings is 1. The maximum Gasteiger partial charge on any atom is 0.227 e. The van der Waals surface area contributed by atoms with E-state index in [9.17, 15) is 4.39 Å². The SMILES string of the molecule is CCOc1cc(F)ccc1-c1ccnc(Nc2ccc3c(N4CCN(C)CC4)ncnc3c2)n1. The van der Waals surface area contributed by atoms with Gasteiger partial charge in [-0.05, 0) is 50.4 Å². The summed E-state index contributed by atoms with van der Waals surface area (Å²) in [6.45, 7) is 6.20. The zero-order chi connectivity index (χ0) is 23.5. The zero-order valence-electron chi connectivity index (χ0n) is 19.2. The number of ether oxygens (including phenoxy) is 1. The number of rotatable bonds is 6. The van der Waals surface area contributed by atoms with E-state index in [2.05, 4.69) is 42.1 Å². The summed E-state index contributed by atoms with van der Waals surface area (Å²) in [6, 6.07) is 12.2. The van der Waals surface area contributed by atoms with Crippen molar-refractivity contribution in [2.75, 3.05) is 50.1 Å². The summed E-state index contributed by atoms with van der Waals surface area (Å²) >= 11 is 0. The van der Waals surface area contributed by atoms with Crippen molar-refractivity contribution in [1.29, 1.82) is 0 Å². The van der Waals surface area contributed by atoms with Gasteiger partial charge in [-0.3, -0.25) is 0 Å². The van der Waals surface area contributed by atoms with Crippen LogP contribution >= 0.6 is 0 Å². The first-order valence-electron chi connectivity index (χ1n) is 11.3. The maximum absolute atomic E-state index is 13.7. The lowest BCUT2D eigenvalue weighted by molar-refractivity contribution is 0.312. The second-order valence-electron chi connectivity index (χ2n) is 8.18. The van der Waals surface area contributed by atoms with Crippen LogP contribution < -0.4 is 15.0 Å². The molecule has 3 heterocycles. The molecule has 0 bridgehead atoms. The Kier molecular flexibility index (Phi) is 6.18.